The zero-order valence-electron chi connectivity index (χ0n) is 13.7. The van der Waals surface area contributed by atoms with Crippen LogP contribution in [0.25, 0.3) is 10.9 Å². The monoisotopic (exact) mass is 350 g/mol. The molecule has 1 aromatic carbocycles. The Hall–Kier alpha value is -1.69. The molecule has 7 nitrogen and oxygen atoms in total. The molecule has 2 heterocycles. The van der Waals surface area contributed by atoms with Gasteiger partial charge in [-0.05, 0) is 43.7 Å². The van der Waals surface area contributed by atoms with Crippen LogP contribution in [0.3, 0.4) is 0 Å². The summed E-state index contributed by atoms with van der Waals surface area (Å²) in [5.74, 6) is 1.24. The zero-order valence-corrected chi connectivity index (χ0v) is 14.6. The number of piperidine rings is 1. The number of hydrogen-bond acceptors (Lipinski definition) is 5. The van der Waals surface area contributed by atoms with Crippen LogP contribution >= 0.6 is 7.60 Å². The molecular weight excluding hydrogens is 327 g/mol. The van der Waals surface area contributed by atoms with Gasteiger partial charge in [-0.15, -0.1) is 0 Å². The first-order chi connectivity index (χ1) is 11.3. The summed E-state index contributed by atoms with van der Waals surface area (Å²) in [5.41, 5.74) is 8.61. The first-order valence-electron chi connectivity index (χ1n) is 8.14. The van der Waals surface area contributed by atoms with Crippen LogP contribution in [0.2, 0.25) is 0 Å². The molecule has 0 bridgehead atoms. The van der Waals surface area contributed by atoms with Crippen LogP contribution in [0.15, 0.2) is 18.5 Å². The first kappa shape index (κ1) is 17.1. The number of rotatable bonds is 4. The van der Waals surface area contributed by atoms with Crippen LogP contribution in [0.5, 0.6) is 0 Å². The maximum absolute atomic E-state index is 11.0. The van der Waals surface area contributed by atoms with E-state index >= 15 is 0 Å². The Kier molecular flexibility index (Phi) is 4.76. The van der Waals surface area contributed by atoms with Crippen molar-refractivity contribution in [1.29, 1.82) is 0 Å². The van der Waals surface area contributed by atoms with Gasteiger partial charge in [-0.1, -0.05) is 6.07 Å². The van der Waals surface area contributed by atoms with Gasteiger partial charge in [0.05, 0.1) is 17.4 Å². The van der Waals surface area contributed by atoms with Crippen molar-refractivity contribution in [3.05, 3.63) is 24.0 Å². The van der Waals surface area contributed by atoms with Crippen molar-refractivity contribution < 1.29 is 14.4 Å². The third kappa shape index (κ3) is 3.69. The number of nitrogens with two attached hydrogens (primary N) is 1. The molecule has 2 aromatic rings. The van der Waals surface area contributed by atoms with Gasteiger partial charge in [0.25, 0.3) is 0 Å². The van der Waals surface area contributed by atoms with Gasteiger partial charge in [0, 0.05) is 18.5 Å². The van der Waals surface area contributed by atoms with Gasteiger partial charge >= 0.3 is 7.60 Å². The van der Waals surface area contributed by atoms with E-state index < -0.39 is 7.60 Å². The van der Waals surface area contributed by atoms with Gasteiger partial charge in [-0.3, -0.25) is 4.57 Å². The van der Waals surface area contributed by atoms with Gasteiger partial charge in [0.15, 0.2) is 0 Å². The summed E-state index contributed by atoms with van der Waals surface area (Å²) in [6.45, 7) is 3.61. The van der Waals surface area contributed by atoms with Crippen molar-refractivity contribution in [3.63, 3.8) is 0 Å². The Balaban J connectivity index is 1.74. The van der Waals surface area contributed by atoms with Crippen molar-refractivity contribution in [2.24, 2.45) is 5.92 Å². The lowest BCUT2D eigenvalue weighted by Gasteiger charge is -2.33. The van der Waals surface area contributed by atoms with Crippen LogP contribution in [0, 0.1) is 12.8 Å². The first-order valence-corrected chi connectivity index (χ1v) is 9.94. The van der Waals surface area contributed by atoms with Gasteiger partial charge in [-0.25, -0.2) is 9.97 Å². The van der Waals surface area contributed by atoms with Crippen molar-refractivity contribution in [1.82, 2.24) is 9.97 Å². The van der Waals surface area contributed by atoms with E-state index in [0.717, 1.165) is 48.2 Å². The smallest absolute Gasteiger partial charge is 0.325 e. The average molecular weight is 350 g/mol. The molecule has 1 aromatic heterocycles. The lowest BCUT2D eigenvalue weighted by atomic mass is 9.94. The van der Waals surface area contributed by atoms with Crippen molar-refractivity contribution >= 4 is 30.0 Å². The standard InChI is InChI=1S/C16H23N4O3P/c1-11-2-3-13-15(14(11)17)18-10-19-16(13)20-7-4-12(5-8-20)6-9-24(21,22)23/h2-3,10,12H,4-9,17H2,1H3,(H2,21,22,23). The maximum atomic E-state index is 11.0. The molecule has 3 rings (SSSR count). The number of benzene rings is 1. The molecule has 1 fully saturated rings. The van der Waals surface area contributed by atoms with E-state index in [4.69, 9.17) is 15.5 Å². The predicted molar refractivity (Wildman–Crippen MR) is 95.2 cm³/mol. The Labute approximate surface area is 141 Å². The number of anilines is 2. The van der Waals surface area contributed by atoms with E-state index in [-0.39, 0.29) is 6.16 Å². The normalized spacial score (nSPS) is 16.7. The lowest BCUT2D eigenvalue weighted by Crippen LogP contribution is -2.34. The van der Waals surface area contributed by atoms with Crippen LogP contribution in [-0.2, 0) is 4.57 Å². The van der Waals surface area contributed by atoms with E-state index in [1.54, 1.807) is 6.33 Å². The SMILES string of the molecule is Cc1ccc2c(N3CCC(CCP(=O)(O)O)CC3)ncnc2c1N. The molecule has 8 heteroatoms. The fourth-order valence-electron chi connectivity index (χ4n) is 3.28. The fourth-order valence-corrected chi connectivity index (χ4v) is 3.98. The summed E-state index contributed by atoms with van der Waals surface area (Å²) < 4.78 is 11.0. The van der Waals surface area contributed by atoms with Crippen LogP contribution in [-0.4, -0.2) is 39.0 Å². The highest BCUT2D eigenvalue weighted by atomic mass is 31.2. The molecular formula is C16H23N4O3P. The van der Waals surface area contributed by atoms with E-state index in [9.17, 15) is 4.57 Å². The average Bonchev–Trinajstić information content (AvgIpc) is 2.56. The summed E-state index contributed by atoms with van der Waals surface area (Å²) in [5, 5.41) is 0.953. The highest BCUT2D eigenvalue weighted by Crippen LogP contribution is 2.38. The minimum absolute atomic E-state index is 0.0239. The lowest BCUT2D eigenvalue weighted by molar-refractivity contribution is 0.350. The van der Waals surface area contributed by atoms with E-state index in [1.807, 2.05) is 19.1 Å². The summed E-state index contributed by atoms with van der Waals surface area (Å²) in [7, 11) is -3.90. The highest BCUT2D eigenvalue weighted by Gasteiger charge is 2.24. The molecule has 0 radical (unpaired) electrons. The quantitative estimate of drug-likeness (QED) is 0.573. The Morgan fingerprint density at radius 1 is 1.29 bits per heavy atom. The second-order valence-electron chi connectivity index (χ2n) is 6.50. The molecule has 0 amide bonds. The van der Waals surface area contributed by atoms with E-state index in [0.29, 0.717) is 18.0 Å². The number of aromatic nitrogens is 2. The van der Waals surface area contributed by atoms with Crippen molar-refractivity contribution in [2.45, 2.75) is 26.2 Å². The summed E-state index contributed by atoms with van der Waals surface area (Å²) in [4.78, 5) is 29.0. The minimum atomic E-state index is -3.90. The largest absolute Gasteiger partial charge is 0.397 e. The number of fused-ring (bicyclic) bond motifs is 1. The minimum Gasteiger partial charge on any atom is -0.397 e. The number of aryl methyl sites for hydroxylation is 1. The third-order valence-electron chi connectivity index (χ3n) is 4.79. The molecule has 0 spiro atoms. The van der Waals surface area contributed by atoms with Gasteiger partial charge in [-0.2, -0.15) is 0 Å². The van der Waals surface area contributed by atoms with Crippen LogP contribution in [0.4, 0.5) is 11.5 Å². The molecule has 0 atom stereocenters. The van der Waals surface area contributed by atoms with Crippen molar-refractivity contribution in [3.8, 4) is 0 Å². The van der Waals surface area contributed by atoms with Gasteiger partial charge in [0.2, 0.25) is 0 Å². The van der Waals surface area contributed by atoms with E-state index in [1.165, 1.54) is 0 Å². The molecule has 4 N–H and O–H groups in total. The Morgan fingerprint density at radius 3 is 2.67 bits per heavy atom. The Morgan fingerprint density at radius 2 is 2.00 bits per heavy atom. The second kappa shape index (κ2) is 6.67. The molecule has 0 unspecified atom stereocenters. The molecule has 1 aliphatic heterocycles. The topological polar surface area (TPSA) is 113 Å². The number of nitrogens with zero attached hydrogens (tertiary/aromatic N) is 3. The maximum Gasteiger partial charge on any atom is 0.325 e. The van der Waals surface area contributed by atoms with Crippen molar-refractivity contribution in [2.75, 3.05) is 29.9 Å². The Bertz CT molecular complexity index is 784. The molecule has 0 saturated carbocycles. The zero-order chi connectivity index (χ0) is 17.3. The molecule has 0 aliphatic carbocycles. The second-order valence-corrected chi connectivity index (χ2v) is 8.27. The van der Waals surface area contributed by atoms with Crippen LogP contribution in [0.1, 0.15) is 24.8 Å². The molecule has 1 aliphatic rings. The summed E-state index contributed by atoms with van der Waals surface area (Å²) in [6, 6.07) is 3.99. The molecule has 1 saturated heterocycles. The third-order valence-corrected chi connectivity index (χ3v) is 5.63. The summed E-state index contributed by atoms with van der Waals surface area (Å²) >= 11 is 0. The molecule has 130 valence electrons. The van der Waals surface area contributed by atoms with Crippen LogP contribution < -0.4 is 10.6 Å². The van der Waals surface area contributed by atoms with Gasteiger partial charge < -0.3 is 20.4 Å². The fraction of sp³-hybridized carbons (Fsp3) is 0.500. The predicted octanol–water partition coefficient (Wildman–Crippen LogP) is 2.30. The summed E-state index contributed by atoms with van der Waals surface area (Å²) in [6.07, 6.45) is 3.92. The number of nitrogen functional groups attached to an aromatic ring is 1. The molecule has 24 heavy (non-hydrogen) atoms. The highest BCUT2D eigenvalue weighted by molar-refractivity contribution is 7.51. The number of hydrogen-bond donors (Lipinski definition) is 3. The van der Waals surface area contributed by atoms with E-state index in [2.05, 4.69) is 14.9 Å². The van der Waals surface area contributed by atoms with Gasteiger partial charge in [0.1, 0.15) is 12.1 Å².